The molecule has 3 aromatic heterocycles. The molecule has 0 aliphatic carbocycles. The largest absolute Gasteiger partial charge is 0.657 e. The zero-order valence-electron chi connectivity index (χ0n) is 27.2. The SMILES string of the molecule is CC(C)[N-]C([N-]C(C)C)n1ccc(C(F)(F)F)n1.N#Cc1c(F)c[c-]c(-c2ccccn2)c1F.[C-]#[N+]c1c(F)c[c-]c(-c2ccccn2)c1F.[Ir]. The predicted molar refractivity (Wildman–Crippen MR) is 171 cm³/mol. The summed E-state index contributed by atoms with van der Waals surface area (Å²) in [5.74, 6) is -3.68. The van der Waals surface area contributed by atoms with Crippen molar-refractivity contribution in [3.8, 4) is 28.6 Å². The van der Waals surface area contributed by atoms with Gasteiger partial charge in [0.15, 0.2) is 11.4 Å². The predicted octanol–water partition coefficient (Wildman–Crippen LogP) is 10.00. The van der Waals surface area contributed by atoms with E-state index in [4.69, 9.17) is 11.8 Å². The summed E-state index contributed by atoms with van der Waals surface area (Å²) in [5, 5.41) is 20.6. The number of pyridine rings is 2. The van der Waals surface area contributed by atoms with E-state index < -0.39 is 52.7 Å². The maximum atomic E-state index is 13.7. The summed E-state index contributed by atoms with van der Waals surface area (Å²) < 4.78 is 92.0. The number of alkyl halides is 3. The van der Waals surface area contributed by atoms with E-state index in [0.29, 0.717) is 11.4 Å². The van der Waals surface area contributed by atoms with E-state index in [1.807, 2.05) is 27.7 Å². The second kappa shape index (κ2) is 19.4. The van der Waals surface area contributed by atoms with Crippen molar-refractivity contribution < 1.29 is 50.8 Å². The van der Waals surface area contributed by atoms with Gasteiger partial charge < -0.3 is 25.3 Å². The Kier molecular flexibility index (Phi) is 16.1. The first-order valence-electron chi connectivity index (χ1n) is 14.6. The van der Waals surface area contributed by atoms with Crippen LogP contribution in [0.4, 0.5) is 36.4 Å². The first-order chi connectivity index (χ1) is 23.7. The van der Waals surface area contributed by atoms with Crippen LogP contribution >= 0.6 is 0 Å². The van der Waals surface area contributed by atoms with Gasteiger partial charge in [-0.15, -0.1) is 48.2 Å². The Morgan fingerprint density at radius 1 is 0.824 bits per heavy atom. The van der Waals surface area contributed by atoms with Crippen molar-refractivity contribution in [2.45, 2.75) is 52.2 Å². The molecule has 0 spiro atoms. The van der Waals surface area contributed by atoms with Crippen molar-refractivity contribution in [1.29, 1.82) is 5.26 Å². The molecule has 8 nitrogen and oxygen atoms in total. The average Bonchev–Trinajstić information content (AvgIpc) is 3.58. The number of benzene rings is 2. The van der Waals surface area contributed by atoms with Gasteiger partial charge in [0.2, 0.25) is 0 Å². The Morgan fingerprint density at radius 3 is 1.75 bits per heavy atom. The topological polar surface area (TPSA) is 100.0 Å². The van der Waals surface area contributed by atoms with Crippen LogP contribution in [0.15, 0.2) is 73.2 Å². The summed E-state index contributed by atoms with van der Waals surface area (Å²) in [6, 6.07) is 18.9. The monoisotopic (exact) mass is 885 g/mol. The smallest absolute Gasteiger partial charge is 0.435 e. The minimum absolute atomic E-state index is 0. The van der Waals surface area contributed by atoms with Crippen molar-refractivity contribution in [2.24, 2.45) is 0 Å². The average molecular weight is 885 g/mol. The molecule has 16 heteroatoms. The number of nitriles is 1. The molecule has 0 unspecified atom stereocenters. The molecule has 0 N–H and O–H groups in total. The van der Waals surface area contributed by atoms with Crippen LogP contribution in [0, 0.1) is 53.3 Å². The fourth-order valence-corrected chi connectivity index (χ4v) is 3.92. The first kappa shape index (κ1) is 42.2. The number of hydrogen-bond acceptors (Lipinski definition) is 4. The molecule has 51 heavy (non-hydrogen) atoms. The number of aromatic nitrogens is 4. The minimum Gasteiger partial charge on any atom is -0.657 e. The van der Waals surface area contributed by atoms with Crippen molar-refractivity contribution in [1.82, 2.24) is 19.7 Å². The van der Waals surface area contributed by atoms with Gasteiger partial charge in [-0.2, -0.15) is 23.5 Å². The molecule has 0 atom stereocenters. The molecule has 0 fully saturated rings. The minimum atomic E-state index is -4.44. The maximum absolute atomic E-state index is 13.7. The van der Waals surface area contributed by atoms with E-state index in [1.165, 1.54) is 24.7 Å². The Bertz CT molecular complexity index is 1820. The van der Waals surface area contributed by atoms with Gasteiger partial charge in [-0.1, -0.05) is 57.5 Å². The number of hydrogen-bond donors (Lipinski definition) is 0. The molecule has 0 aliphatic rings. The van der Waals surface area contributed by atoms with E-state index in [-0.39, 0.29) is 43.3 Å². The third kappa shape index (κ3) is 11.8. The molecule has 0 amide bonds. The van der Waals surface area contributed by atoms with E-state index in [1.54, 1.807) is 36.4 Å². The van der Waals surface area contributed by atoms with E-state index in [2.05, 4.69) is 42.7 Å². The van der Waals surface area contributed by atoms with E-state index in [0.717, 1.165) is 22.9 Å². The molecule has 0 saturated heterocycles. The fraction of sp³-hybridized carbons (Fsp3) is 0.229. The number of nitrogens with zero attached hydrogens (tertiary/aromatic N) is 8. The van der Waals surface area contributed by atoms with Gasteiger partial charge in [0.25, 0.3) is 0 Å². The van der Waals surface area contributed by atoms with Crippen LogP contribution in [0.1, 0.15) is 45.2 Å². The van der Waals surface area contributed by atoms with Gasteiger partial charge in [0.05, 0.1) is 24.3 Å². The molecular formula is C35H27F7IrN8-4. The van der Waals surface area contributed by atoms with Crippen LogP contribution in [0.2, 0.25) is 0 Å². The van der Waals surface area contributed by atoms with Crippen LogP contribution in [0.5, 0.6) is 0 Å². The van der Waals surface area contributed by atoms with Crippen LogP contribution in [0.25, 0.3) is 38.0 Å². The van der Waals surface area contributed by atoms with Crippen molar-refractivity contribution in [3.05, 3.63) is 142 Å². The summed E-state index contributed by atoms with van der Waals surface area (Å²) in [7, 11) is 0. The molecule has 0 bridgehead atoms. The molecule has 1 radical (unpaired) electrons. The Labute approximate surface area is 303 Å². The van der Waals surface area contributed by atoms with Crippen LogP contribution in [0.3, 0.4) is 0 Å². The molecule has 5 aromatic rings. The molecule has 269 valence electrons. The third-order valence-corrected chi connectivity index (χ3v) is 6.08. The number of rotatable bonds is 7. The second-order valence-electron chi connectivity index (χ2n) is 10.5. The third-order valence-electron chi connectivity index (χ3n) is 6.08. The Hall–Kier alpha value is -4.99. The van der Waals surface area contributed by atoms with Gasteiger partial charge in [0, 0.05) is 55.9 Å². The van der Waals surface area contributed by atoms with Gasteiger partial charge in [-0.05, 0) is 29.6 Å². The van der Waals surface area contributed by atoms with E-state index >= 15 is 0 Å². The van der Waals surface area contributed by atoms with Gasteiger partial charge in [-0.3, -0.25) is 22.4 Å². The second-order valence-corrected chi connectivity index (χ2v) is 10.5. The van der Waals surface area contributed by atoms with Gasteiger partial charge >= 0.3 is 6.18 Å². The van der Waals surface area contributed by atoms with Crippen LogP contribution in [-0.2, 0) is 26.3 Å². The van der Waals surface area contributed by atoms with E-state index in [9.17, 15) is 30.7 Å². The zero-order valence-corrected chi connectivity index (χ0v) is 29.6. The molecule has 0 saturated carbocycles. The number of halogens is 7. The molecule has 0 aliphatic heterocycles. The van der Waals surface area contributed by atoms with Crippen molar-refractivity contribution in [3.63, 3.8) is 0 Å². The van der Waals surface area contributed by atoms with Gasteiger partial charge in [0.1, 0.15) is 0 Å². The standard InChI is InChI=1S/2C12H5F2N2.C11H17F3N4.Ir/c1-15-12-9(13)6-5-8(11(12)14)10-4-2-3-7-16-10;13-10-5-4-8(12(14)9(10)7-15)11-3-1-2-6-16-11;1-7(2)15-10(16-8(3)4)18-6-5-9(17-18)11(12,13)14;/h2-4,6-7H;1-3,5-6H;5-8,10H,1-4H3;/q2*-1;-2;. The molecule has 5 rings (SSSR count). The summed E-state index contributed by atoms with van der Waals surface area (Å²) in [6.07, 6.45) is -0.917. The normalized spacial score (nSPS) is 10.7. The molecular weight excluding hydrogens is 858 g/mol. The Morgan fingerprint density at radius 2 is 1.33 bits per heavy atom. The summed E-state index contributed by atoms with van der Waals surface area (Å²) in [5.41, 5.74) is -1.52. The quantitative estimate of drug-likeness (QED) is 0.120. The Balaban J connectivity index is 0.000000263. The van der Waals surface area contributed by atoms with Gasteiger partial charge in [-0.25, -0.2) is 0 Å². The summed E-state index contributed by atoms with van der Waals surface area (Å²) in [6.45, 7) is 14.1. The zero-order chi connectivity index (χ0) is 37.0. The summed E-state index contributed by atoms with van der Waals surface area (Å²) in [4.78, 5) is 10.6. The van der Waals surface area contributed by atoms with Crippen LogP contribution < -0.4 is 0 Å². The first-order valence-corrected chi connectivity index (χ1v) is 14.6. The maximum Gasteiger partial charge on any atom is 0.435 e. The van der Waals surface area contributed by atoms with Crippen LogP contribution in [-0.4, -0.2) is 31.8 Å². The fourth-order valence-electron chi connectivity index (χ4n) is 3.92. The van der Waals surface area contributed by atoms with Crippen molar-refractivity contribution >= 4 is 5.69 Å². The summed E-state index contributed by atoms with van der Waals surface area (Å²) >= 11 is 0. The molecule has 3 heterocycles. The molecule has 2 aromatic carbocycles. The van der Waals surface area contributed by atoms with Crippen molar-refractivity contribution in [2.75, 3.05) is 0 Å².